The summed E-state index contributed by atoms with van der Waals surface area (Å²) < 4.78 is 12.0. The van der Waals surface area contributed by atoms with E-state index in [1.54, 1.807) is 4.57 Å². The van der Waals surface area contributed by atoms with Gasteiger partial charge >= 0.3 is 17.7 Å². The van der Waals surface area contributed by atoms with Crippen molar-refractivity contribution < 1.29 is 19.1 Å². The predicted octanol–water partition coefficient (Wildman–Crippen LogP) is 1.94. The summed E-state index contributed by atoms with van der Waals surface area (Å²) in [6, 6.07) is 5.90. The van der Waals surface area contributed by atoms with Gasteiger partial charge in [0.25, 0.3) is 0 Å². The molecule has 0 saturated carbocycles. The van der Waals surface area contributed by atoms with E-state index in [0.29, 0.717) is 43.7 Å². The van der Waals surface area contributed by atoms with Crippen LogP contribution in [-0.4, -0.2) is 69.6 Å². The first-order valence-electron chi connectivity index (χ1n) is 13.8. The van der Waals surface area contributed by atoms with Crippen molar-refractivity contribution in [1.29, 1.82) is 0 Å². The van der Waals surface area contributed by atoms with Crippen molar-refractivity contribution in [2.45, 2.75) is 71.0 Å². The molecule has 216 valence electrons. The van der Waals surface area contributed by atoms with Gasteiger partial charge in [0.05, 0.1) is 26.2 Å². The SMILES string of the molecule is CCCCOc1nc(N)c2[nH]c(=O)n(CCCc3ccc(CC(=O)OC)c(CNC(=O)[C@@H]4CCCN4C)c3)c2n1. The maximum atomic E-state index is 12.8. The standard InChI is InChI=1S/C28H39N7O5/c1-4-5-14-40-27-32-24(29)23-25(33-27)35(28(38)31-23)13-6-8-18-10-11-19(16-22(36)39-3)20(15-18)17-30-26(37)21-9-7-12-34(21)2/h10-11,15,21H,4-9,12-14,16-17H2,1-3H3,(H,30,37)(H,31,38)(H2,29,32,33)/t21-/m0/s1. The third kappa shape index (κ3) is 6.98. The summed E-state index contributed by atoms with van der Waals surface area (Å²) in [7, 11) is 3.32. The fraction of sp³-hybridized carbons (Fsp3) is 0.536. The van der Waals surface area contributed by atoms with Gasteiger partial charge in [-0.2, -0.15) is 9.97 Å². The van der Waals surface area contributed by atoms with Crippen LogP contribution in [-0.2, 0) is 40.3 Å². The highest BCUT2D eigenvalue weighted by molar-refractivity contribution is 5.82. The summed E-state index contributed by atoms with van der Waals surface area (Å²) in [6.45, 7) is 4.18. The molecular formula is C28H39N7O5. The van der Waals surface area contributed by atoms with E-state index < -0.39 is 0 Å². The number of carbonyl (C=O) groups is 2. The lowest BCUT2D eigenvalue weighted by Crippen LogP contribution is -2.41. The van der Waals surface area contributed by atoms with Crippen molar-refractivity contribution in [2.75, 3.05) is 33.0 Å². The third-order valence-corrected chi connectivity index (χ3v) is 7.32. The number of esters is 1. The smallest absolute Gasteiger partial charge is 0.327 e. The molecule has 0 aliphatic carbocycles. The largest absolute Gasteiger partial charge is 0.469 e. The van der Waals surface area contributed by atoms with Crippen molar-refractivity contribution >= 4 is 28.9 Å². The van der Waals surface area contributed by atoms with E-state index in [1.807, 2.05) is 25.2 Å². The van der Waals surface area contributed by atoms with E-state index in [1.165, 1.54) is 7.11 Å². The molecule has 0 bridgehead atoms. The summed E-state index contributed by atoms with van der Waals surface area (Å²) >= 11 is 0. The molecule has 3 aromatic rings. The summed E-state index contributed by atoms with van der Waals surface area (Å²) in [5.74, 6) is -0.176. The van der Waals surface area contributed by atoms with E-state index in [4.69, 9.17) is 15.2 Å². The van der Waals surface area contributed by atoms with Crippen LogP contribution in [0.4, 0.5) is 5.82 Å². The van der Waals surface area contributed by atoms with Gasteiger partial charge in [-0.15, -0.1) is 0 Å². The Morgan fingerprint density at radius 1 is 1.23 bits per heavy atom. The molecule has 1 saturated heterocycles. The van der Waals surface area contributed by atoms with Crippen LogP contribution in [0.5, 0.6) is 6.01 Å². The number of unbranched alkanes of at least 4 members (excludes halogenated alkanes) is 1. The maximum Gasteiger partial charge on any atom is 0.327 e. The van der Waals surface area contributed by atoms with Crippen molar-refractivity contribution in [3.63, 3.8) is 0 Å². The minimum absolute atomic E-state index is 0.00700. The fourth-order valence-electron chi connectivity index (χ4n) is 4.99. The van der Waals surface area contributed by atoms with Crippen LogP contribution in [0, 0.1) is 0 Å². The number of anilines is 1. The molecule has 12 heteroatoms. The number of benzene rings is 1. The Kier molecular flexibility index (Phi) is 9.75. The van der Waals surface area contributed by atoms with E-state index in [0.717, 1.165) is 48.9 Å². The average molecular weight is 554 g/mol. The molecule has 1 aliphatic heterocycles. The number of aromatic nitrogens is 4. The van der Waals surface area contributed by atoms with E-state index in [9.17, 15) is 14.4 Å². The number of hydrogen-bond acceptors (Lipinski definition) is 9. The molecule has 40 heavy (non-hydrogen) atoms. The number of nitrogens with one attached hydrogen (secondary N) is 2. The van der Waals surface area contributed by atoms with Gasteiger partial charge in [0.1, 0.15) is 5.52 Å². The molecular weight excluding hydrogens is 514 g/mol. The number of likely N-dealkylation sites (tertiary alicyclic amines) is 1. The lowest BCUT2D eigenvalue weighted by molar-refractivity contribution is -0.139. The quantitative estimate of drug-likeness (QED) is 0.212. The second kappa shape index (κ2) is 13.4. The number of ether oxygens (including phenoxy) is 2. The summed E-state index contributed by atoms with van der Waals surface area (Å²) in [6.07, 6.45) is 5.13. The number of likely N-dealkylation sites (N-methyl/N-ethyl adjacent to an activating group) is 1. The lowest BCUT2D eigenvalue weighted by Gasteiger charge is -2.19. The molecule has 1 aromatic carbocycles. The third-order valence-electron chi connectivity index (χ3n) is 7.32. The predicted molar refractivity (Wildman–Crippen MR) is 151 cm³/mol. The second-order valence-electron chi connectivity index (χ2n) is 10.2. The van der Waals surface area contributed by atoms with Gasteiger partial charge in [0.15, 0.2) is 11.5 Å². The normalized spacial score (nSPS) is 15.4. The minimum Gasteiger partial charge on any atom is -0.469 e. The molecule has 0 spiro atoms. The fourth-order valence-corrected chi connectivity index (χ4v) is 4.99. The Labute approximate surface area is 233 Å². The first-order valence-corrected chi connectivity index (χ1v) is 13.8. The van der Waals surface area contributed by atoms with Crippen LogP contribution >= 0.6 is 0 Å². The number of nitrogen functional groups attached to an aromatic ring is 1. The van der Waals surface area contributed by atoms with Crippen molar-refractivity contribution in [3.8, 4) is 6.01 Å². The zero-order valence-corrected chi connectivity index (χ0v) is 23.5. The highest BCUT2D eigenvalue weighted by Gasteiger charge is 2.27. The number of nitrogens with zero attached hydrogens (tertiary/aromatic N) is 4. The van der Waals surface area contributed by atoms with Crippen LogP contribution in [0.25, 0.3) is 11.2 Å². The number of methoxy groups -OCH3 is 1. The number of carbonyl (C=O) groups excluding carboxylic acids is 2. The zero-order chi connectivity index (χ0) is 28.6. The van der Waals surface area contributed by atoms with E-state index >= 15 is 0 Å². The number of amides is 1. The number of hydrogen-bond donors (Lipinski definition) is 3. The van der Waals surface area contributed by atoms with Crippen molar-refractivity contribution in [1.82, 2.24) is 29.7 Å². The Hall–Kier alpha value is -3.93. The Morgan fingerprint density at radius 2 is 2.05 bits per heavy atom. The van der Waals surface area contributed by atoms with Crippen LogP contribution in [0.1, 0.15) is 55.7 Å². The number of rotatable bonds is 13. The number of imidazole rings is 1. The molecule has 12 nitrogen and oxygen atoms in total. The van der Waals surface area contributed by atoms with Gasteiger partial charge in [0, 0.05) is 13.1 Å². The highest BCUT2D eigenvalue weighted by Crippen LogP contribution is 2.20. The van der Waals surface area contributed by atoms with Gasteiger partial charge in [-0.25, -0.2) is 4.79 Å². The van der Waals surface area contributed by atoms with E-state index in [2.05, 4.69) is 32.1 Å². The van der Waals surface area contributed by atoms with Crippen LogP contribution in [0.2, 0.25) is 0 Å². The van der Waals surface area contributed by atoms with Gasteiger partial charge in [0.2, 0.25) is 5.91 Å². The lowest BCUT2D eigenvalue weighted by atomic mass is 9.99. The molecule has 4 N–H and O–H groups in total. The summed E-state index contributed by atoms with van der Waals surface area (Å²) in [5, 5.41) is 3.04. The minimum atomic E-state index is -0.339. The van der Waals surface area contributed by atoms with Gasteiger partial charge in [-0.3, -0.25) is 19.1 Å². The zero-order valence-electron chi connectivity index (χ0n) is 23.5. The molecule has 1 aliphatic rings. The highest BCUT2D eigenvalue weighted by atomic mass is 16.5. The molecule has 3 heterocycles. The molecule has 0 radical (unpaired) electrons. The van der Waals surface area contributed by atoms with Crippen LogP contribution in [0.3, 0.4) is 0 Å². The first kappa shape index (κ1) is 29.1. The monoisotopic (exact) mass is 553 g/mol. The average Bonchev–Trinajstić information content (AvgIpc) is 3.51. The maximum absolute atomic E-state index is 12.8. The number of aromatic amines is 1. The summed E-state index contributed by atoms with van der Waals surface area (Å²) in [5.41, 5.74) is 9.27. The molecule has 1 fully saturated rings. The van der Waals surface area contributed by atoms with Crippen molar-refractivity contribution in [2.24, 2.45) is 0 Å². The number of aryl methyl sites for hydroxylation is 2. The molecule has 1 atom stereocenters. The molecule has 1 amide bonds. The second-order valence-corrected chi connectivity index (χ2v) is 10.2. The van der Waals surface area contributed by atoms with Gasteiger partial charge < -0.3 is 25.5 Å². The van der Waals surface area contributed by atoms with Crippen LogP contribution < -0.4 is 21.5 Å². The topological polar surface area (TPSA) is 157 Å². The Bertz CT molecular complexity index is 1400. The van der Waals surface area contributed by atoms with E-state index in [-0.39, 0.29) is 41.9 Å². The molecule has 0 unspecified atom stereocenters. The van der Waals surface area contributed by atoms with Crippen LogP contribution in [0.15, 0.2) is 23.0 Å². The Morgan fingerprint density at radius 3 is 2.77 bits per heavy atom. The number of H-pyrrole nitrogens is 1. The number of nitrogens with two attached hydrogens (primary N) is 1. The number of fused-ring (bicyclic) bond motifs is 1. The molecule has 2 aromatic heterocycles. The Balaban J connectivity index is 1.46. The summed E-state index contributed by atoms with van der Waals surface area (Å²) in [4.78, 5) is 50.8. The van der Waals surface area contributed by atoms with Crippen molar-refractivity contribution in [3.05, 3.63) is 45.4 Å². The first-order chi connectivity index (χ1) is 19.3. The van der Waals surface area contributed by atoms with Gasteiger partial charge in [-0.05, 0) is 62.4 Å². The van der Waals surface area contributed by atoms with Gasteiger partial charge in [-0.1, -0.05) is 31.5 Å². The molecule has 4 rings (SSSR count).